The minimum Gasteiger partial charge on any atom is -0.318 e. The van der Waals surface area contributed by atoms with Gasteiger partial charge in [-0.25, -0.2) is 0 Å². The fraction of sp³-hybridized carbons (Fsp3) is 1.00. The van der Waals surface area contributed by atoms with Crippen LogP contribution in [0.2, 0.25) is 0 Å². The van der Waals surface area contributed by atoms with Crippen LogP contribution in [0.3, 0.4) is 0 Å². The van der Waals surface area contributed by atoms with Gasteiger partial charge in [-0.1, -0.05) is 40.0 Å². The molecule has 2 nitrogen and oxygen atoms in total. The largest absolute Gasteiger partial charge is 0.318 e. The van der Waals surface area contributed by atoms with E-state index in [9.17, 15) is 0 Å². The van der Waals surface area contributed by atoms with Gasteiger partial charge < -0.3 is 5.32 Å². The number of likely N-dealkylation sites (N-methyl/N-ethyl adjacent to an activating group) is 1. The lowest BCUT2D eigenvalue weighted by atomic mass is 10.0. The molecule has 1 fully saturated rings. The molecule has 0 amide bonds. The Hall–Kier alpha value is -0.0800. The highest BCUT2D eigenvalue weighted by atomic mass is 15.2. The summed E-state index contributed by atoms with van der Waals surface area (Å²) in [6, 6.07) is 1.62. The molecule has 0 aromatic heterocycles. The lowest BCUT2D eigenvalue weighted by Crippen LogP contribution is -2.47. The summed E-state index contributed by atoms with van der Waals surface area (Å²) in [7, 11) is 2.10. The van der Waals surface area contributed by atoms with E-state index in [2.05, 4.69) is 38.0 Å². The summed E-state index contributed by atoms with van der Waals surface area (Å²) in [5.74, 6) is 0.825. The van der Waals surface area contributed by atoms with Crippen molar-refractivity contribution in [1.29, 1.82) is 0 Å². The summed E-state index contributed by atoms with van der Waals surface area (Å²) in [6.45, 7) is 9.47. The molecule has 18 heavy (non-hydrogen) atoms. The third-order valence-electron chi connectivity index (χ3n) is 4.29. The SMILES string of the molecule is CCCC(CNC)N(CCC(C)C)C1CCCC1. The minimum absolute atomic E-state index is 0.752. The van der Waals surface area contributed by atoms with Crippen LogP contribution >= 0.6 is 0 Å². The van der Waals surface area contributed by atoms with Crippen LogP contribution < -0.4 is 5.32 Å². The van der Waals surface area contributed by atoms with Gasteiger partial charge in [0.1, 0.15) is 0 Å². The third kappa shape index (κ3) is 5.27. The molecule has 1 saturated carbocycles. The fourth-order valence-electron chi connectivity index (χ4n) is 3.26. The average Bonchev–Trinajstić information content (AvgIpc) is 2.83. The maximum absolute atomic E-state index is 3.40. The molecule has 1 atom stereocenters. The van der Waals surface area contributed by atoms with E-state index < -0.39 is 0 Å². The van der Waals surface area contributed by atoms with Crippen LogP contribution in [0.4, 0.5) is 0 Å². The van der Waals surface area contributed by atoms with E-state index in [4.69, 9.17) is 0 Å². The smallest absolute Gasteiger partial charge is 0.0223 e. The summed E-state index contributed by atoms with van der Waals surface area (Å²) in [5.41, 5.74) is 0. The molecule has 0 aliphatic heterocycles. The van der Waals surface area contributed by atoms with Crippen LogP contribution in [0.25, 0.3) is 0 Å². The second-order valence-electron chi connectivity index (χ2n) is 6.36. The Labute approximate surface area is 115 Å². The van der Waals surface area contributed by atoms with Crippen molar-refractivity contribution in [3.8, 4) is 0 Å². The summed E-state index contributed by atoms with van der Waals surface area (Å²) < 4.78 is 0. The zero-order chi connectivity index (χ0) is 13.4. The monoisotopic (exact) mass is 254 g/mol. The van der Waals surface area contributed by atoms with Gasteiger partial charge in [-0.3, -0.25) is 4.90 Å². The maximum Gasteiger partial charge on any atom is 0.0223 e. The topological polar surface area (TPSA) is 15.3 Å². The van der Waals surface area contributed by atoms with Crippen molar-refractivity contribution >= 4 is 0 Å². The van der Waals surface area contributed by atoms with Gasteiger partial charge in [0.25, 0.3) is 0 Å². The van der Waals surface area contributed by atoms with Crippen molar-refractivity contribution in [2.75, 3.05) is 20.1 Å². The molecule has 0 bridgehead atoms. The molecule has 0 aromatic rings. The van der Waals surface area contributed by atoms with Crippen LogP contribution in [0.15, 0.2) is 0 Å². The summed E-state index contributed by atoms with van der Waals surface area (Å²) in [5, 5.41) is 3.40. The third-order valence-corrected chi connectivity index (χ3v) is 4.29. The van der Waals surface area contributed by atoms with E-state index in [0.29, 0.717) is 0 Å². The number of nitrogens with zero attached hydrogens (tertiary/aromatic N) is 1. The second kappa shape index (κ2) is 8.92. The summed E-state index contributed by atoms with van der Waals surface area (Å²) >= 11 is 0. The average molecular weight is 254 g/mol. The Morgan fingerprint density at radius 2 is 1.83 bits per heavy atom. The van der Waals surface area contributed by atoms with E-state index in [1.165, 1.54) is 51.5 Å². The highest BCUT2D eigenvalue weighted by Gasteiger charge is 2.27. The Morgan fingerprint density at radius 1 is 1.17 bits per heavy atom. The Kier molecular flexibility index (Phi) is 7.92. The van der Waals surface area contributed by atoms with Gasteiger partial charge in [-0.05, 0) is 45.2 Å². The van der Waals surface area contributed by atoms with Crippen molar-refractivity contribution in [3.63, 3.8) is 0 Å². The molecule has 1 unspecified atom stereocenters. The molecule has 1 aliphatic rings. The first-order valence-corrected chi connectivity index (χ1v) is 8.09. The van der Waals surface area contributed by atoms with Gasteiger partial charge in [0.05, 0.1) is 0 Å². The standard InChI is InChI=1S/C16H34N2/c1-5-8-16(13-17-4)18(12-11-14(2)3)15-9-6-7-10-15/h14-17H,5-13H2,1-4H3. The number of rotatable bonds is 9. The second-order valence-corrected chi connectivity index (χ2v) is 6.36. The van der Waals surface area contributed by atoms with Crippen LogP contribution in [0, 0.1) is 5.92 Å². The van der Waals surface area contributed by atoms with E-state index in [0.717, 1.165) is 24.5 Å². The first kappa shape index (κ1) is 16.0. The molecule has 1 aliphatic carbocycles. The first-order valence-electron chi connectivity index (χ1n) is 8.09. The molecule has 0 spiro atoms. The van der Waals surface area contributed by atoms with Gasteiger partial charge in [0, 0.05) is 18.6 Å². The van der Waals surface area contributed by atoms with Crippen molar-refractivity contribution < 1.29 is 0 Å². The van der Waals surface area contributed by atoms with E-state index >= 15 is 0 Å². The minimum atomic E-state index is 0.752. The van der Waals surface area contributed by atoms with Gasteiger partial charge in [0.15, 0.2) is 0 Å². The lowest BCUT2D eigenvalue weighted by molar-refractivity contribution is 0.119. The Morgan fingerprint density at radius 3 is 2.33 bits per heavy atom. The van der Waals surface area contributed by atoms with Crippen LogP contribution in [-0.4, -0.2) is 37.1 Å². The van der Waals surface area contributed by atoms with E-state index in [-0.39, 0.29) is 0 Å². The number of hydrogen-bond donors (Lipinski definition) is 1. The molecule has 0 radical (unpaired) electrons. The molecule has 1 N–H and O–H groups in total. The first-order chi connectivity index (χ1) is 8.69. The zero-order valence-electron chi connectivity index (χ0n) is 13.0. The molecule has 108 valence electrons. The summed E-state index contributed by atoms with van der Waals surface area (Å²) in [4.78, 5) is 2.84. The molecule has 0 aromatic carbocycles. The number of nitrogens with one attached hydrogen (secondary N) is 1. The predicted octanol–water partition coefficient (Wildman–Crippen LogP) is 3.67. The van der Waals surface area contributed by atoms with Crippen LogP contribution in [-0.2, 0) is 0 Å². The maximum atomic E-state index is 3.40. The normalized spacial score (nSPS) is 19.0. The molecular weight excluding hydrogens is 220 g/mol. The van der Waals surface area contributed by atoms with Crippen molar-refractivity contribution in [1.82, 2.24) is 10.2 Å². The Balaban J connectivity index is 2.59. The summed E-state index contributed by atoms with van der Waals surface area (Å²) in [6.07, 6.45) is 9.75. The van der Waals surface area contributed by atoms with Gasteiger partial charge in [-0.15, -0.1) is 0 Å². The fourth-order valence-corrected chi connectivity index (χ4v) is 3.26. The zero-order valence-corrected chi connectivity index (χ0v) is 13.0. The molecule has 0 heterocycles. The molecular formula is C16H34N2. The van der Waals surface area contributed by atoms with Crippen molar-refractivity contribution in [2.24, 2.45) is 5.92 Å². The van der Waals surface area contributed by atoms with E-state index in [1.54, 1.807) is 0 Å². The Bertz CT molecular complexity index is 191. The van der Waals surface area contributed by atoms with Gasteiger partial charge >= 0.3 is 0 Å². The quantitative estimate of drug-likeness (QED) is 0.675. The van der Waals surface area contributed by atoms with Crippen molar-refractivity contribution in [2.45, 2.75) is 77.8 Å². The van der Waals surface area contributed by atoms with E-state index in [1.807, 2.05) is 0 Å². The predicted molar refractivity (Wildman–Crippen MR) is 81.0 cm³/mol. The van der Waals surface area contributed by atoms with Crippen molar-refractivity contribution in [3.05, 3.63) is 0 Å². The molecule has 1 rings (SSSR count). The van der Waals surface area contributed by atoms with Crippen LogP contribution in [0.5, 0.6) is 0 Å². The highest BCUT2D eigenvalue weighted by Crippen LogP contribution is 2.27. The van der Waals surface area contributed by atoms with Gasteiger partial charge in [0.2, 0.25) is 0 Å². The molecule has 2 heteroatoms. The lowest BCUT2D eigenvalue weighted by Gasteiger charge is -2.37. The van der Waals surface area contributed by atoms with Gasteiger partial charge in [-0.2, -0.15) is 0 Å². The number of hydrogen-bond acceptors (Lipinski definition) is 2. The highest BCUT2D eigenvalue weighted by molar-refractivity contribution is 4.84. The molecule has 0 saturated heterocycles. The van der Waals surface area contributed by atoms with Crippen LogP contribution in [0.1, 0.15) is 65.7 Å².